The average Bonchev–Trinajstić information content (AvgIpc) is 2.66. The Balaban J connectivity index is 2.58. The van der Waals surface area contributed by atoms with E-state index in [2.05, 4.69) is 5.32 Å². The maximum absolute atomic E-state index is 14.5. The van der Waals surface area contributed by atoms with Crippen molar-refractivity contribution < 1.29 is 19.1 Å². The predicted octanol–water partition coefficient (Wildman–Crippen LogP) is 3.03. The minimum Gasteiger partial charge on any atom is -0.394 e. The molecule has 150 valence electrons. The first-order valence-electron chi connectivity index (χ1n) is 8.92. The summed E-state index contributed by atoms with van der Waals surface area (Å²) in [4.78, 5) is 27.7. The molecule has 28 heavy (non-hydrogen) atoms. The van der Waals surface area contributed by atoms with E-state index in [0.29, 0.717) is 16.8 Å². The lowest BCUT2D eigenvalue weighted by molar-refractivity contribution is 0.0922. The van der Waals surface area contributed by atoms with Crippen LogP contribution >= 0.6 is 0 Å². The fraction of sp³-hybridized carbons (Fsp3) is 0.333. The summed E-state index contributed by atoms with van der Waals surface area (Å²) < 4.78 is 14.5. The number of aliphatic hydroxyl groups is 1. The number of halogens is 1. The van der Waals surface area contributed by atoms with Gasteiger partial charge in [-0.05, 0) is 49.2 Å². The van der Waals surface area contributed by atoms with Crippen molar-refractivity contribution in [3.05, 3.63) is 53.3 Å². The van der Waals surface area contributed by atoms with E-state index in [9.17, 15) is 19.1 Å². The van der Waals surface area contributed by atoms with E-state index >= 15 is 0 Å². The van der Waals surface area contributed by atoms with E-state index in [0.717, 1.165) is 5.56 Å². The first-order valence-corrected chi connectivity index (χ1v) is 8.92. The number of carbonyl (C=O) groups excluding carboxylic acids is 2. The number of aryl methyl sites for hydroxylation is 1. The molecule has 2 N–H and O–H groups in total. The number of benzene rings is 2. The Hall–Kier alpha value is -2.93. The van der Waals surface area contributed by atoms with Gasteiger partial charge in [0, 0.05) is 44.0 Å². The number of anilines is 1. The van der Waals surface area contributed by atoms with Crippen molar-refractivity contribution in [2.45, 2.75) is 19.9 Å². The molecule has 7 heteroatoms. The van der Waals surface area contributed by atoms with Crippen LogP contribution in [0, 0.1) is 12.7 Å². The van der Waals surface area contributed by atoms with E-state index in [-0.39, 0.29) is 18.2 Å². The molecule has 0 radical (unpaired) electrons. The van der Waals surface area contributed by atoms with Crippen molar-refractivity contribution in [2.75, 3.05) is 32.6 Å². The molecule has 6 nitrogen and oxygen atoms in total. The highest BCUT2D eigenvalue weighted by Gasteiger charge is 2.18. The van der Waals surface area contributed by atoms with Gasteiger partial charge in [0.15, 0.2) is 0 Å². The summed E-state index contributed by atoms with van der Waals surface area (Å²) >= 11 is 0. The summed E-state index contributed by atoms with van der Waals surface area (Å²) in [7, 11) is 4.84. The van der Waals surface area contributed by atoms with E-state index in [4.69, 9.17) is 0 Å². The molecular formula is C21H26FN3O3. The Kier molecular flexibility index (Phi) is 6.75. The van der Waals surface area contributed by atoms with Crippen molar-refractivity contribution in [2.24, 2.45) is 0 Å². The van der Waals surface area contributed by atoms with Crippen LogP contribution in [0.3, 0.4) is 0 Å². The molecule has 0 saturated carbocycles. The van der Waals surface area contributed by atoms with Gasteiger partial charge in [-0.25, -0.2) is 9.18 Å². The highest BCUT2D eigenvalue weighted by atomic mass is 19.1. The van der Waals surface area contributed by atoms with Crippen LogP contribution in [0.25, 0.3) is 11.1 Å². The molecule has 2 aromatic rings. The molecule has 0 saturated heterocycles. The lowest BCUT2D eigenvalue weighted by Crippen LogP contribution is -2.37. The summed E-state index contributed by atoms with van der Waals surface area (Å²) in [5.41, 5.74) is 2.33. The van der Waals surface area contributed by atoms with Crippen LogP contribution in [0.4, 0.5) is 14.9 Å². The first-order chi connectivity index (χ1) is 13.1. The van der Waals surface area contributed by atoms with Crippen molar-refractivity contribution in [3.63, 3.8) is 0 Å². The molecule has 0 spiro atoms. The molecule has 0 bridgehead atoms. The number of urea groups is 1. The van der Waals surface area contributed by atoms with Crippen LogP contribution in [0.2, 0.25) is 0 Å². The third-order valence-corrected chi connectivity index (χ3v) is 4.32. The molecule has 2 aromatic carbocycles. The Morgan fingerprint density at radius 2 is 1.82 bits per heavy atom. The third kappa shape index (κ3) is 4.86. The Bertz CT molecular complexity index is 883. The van der Waals surface area contributed by atoms with Gasteiger partial charge in [-0.2, -0.15) is 0 Å². The number of hydrogen-bond donors (Lipinski definition) is 2. The number of hydrogen-bond acceptors (Lipinski definition) is 3. The minimum atomic E-state index is -0.433. The Labute approximate surface area is 164 Å². The molecule has 0 aliphatic carbocycles. The molecule has 0 unspecified atom stereocenters. The largest absolute Gasteiger partial charge is 0.394 e. The van der Waals surface area contributed by atoms with Gasteiger partial charge < -0.3 is 15.3 Å². The van der Waals surface area contributed by atoms with Gasteiger partial charge in [-0.1, -0.05) is 12.1 Å². The standard InChI is InChI=1S/C21H26FN3O3/c1-13-6-7-18(19(22)8-13)15-9-16(20(27)23-14(2)12-26)11-17(10-15)25(5)21(28)24(3)4/h6-11,14,26H,12H2,1-5H3,(H,23,27)/t14-/m0/s1. The van der Waals surface area contributed by atoms with Gasteiger partial charge in [0.25, 0.3) is 5.91 Å². The normalized spacial score (nSPS) is 11.7. The highest BCUT2D eigenvalue weighted by Crippen LogP contribution is 2.29. The van der Waals surface area contributed by atoms with Gasteiger partial charge in [0.1, 0.15) is 5.82 Å². The molecule has 0 fully saturated rings. The van der Waals surface area contributed by atoms with Crippen LogP contribution in [0.1, 0.15) is 22.8 Å². The fourth-order valence-corrected chi connectivity index (χ4v) is 2.71. The zero-order valence-electron chi connectivity index (χ0n) is 16.8. The van der Waals surface area contributed by atoms with Crippen molar-refractivity contribution in [3.8, 4) is 11.1 Å². The summed E-state index contributed by atoms with van der Waals surface area (Å²) in [6.45, 7) is 3.26. The van der Waals surface area contributed by atoms with Gasteiger partial charge in [-0.3, -0.25) is 9.69 Å². The molecule has 0 heterocycles. The molecule has 0 aliphatic rings. The van der Waals surface area contributed by atoms with Crippen LogP contribution < -0.4 is 10.2 Å². The number of amides is 3. The quantitative estimate of drug-likeness (QED) is 0.828. The van der Waals surface area contributed by atoms with Crippen molar-refractivity contribution in [1.82, 2.24) is 10.2 Å². The second kappa shape index (κ2) is 8.84. The number of nitrogens with one attached hydrogen (secondary N) is 1. The molecule has 2 rings (SSSR count). The SMILES string of the molecule is Cc1ccc(-c2cc(C(=O)N[C@@H](C)CO)cc(N(C)C(=O)N(C)C)c2)c(F)c1. The Morgan fingerprint density at radius 1 is 1.14 bits per heavy atom. The zero-order valence-corrected chi connectivity index (χ0v) is 16.8. The lowest BCUT2D eigenvalue weighted by Gasteiger charge is -2.23. The minimum absolute atomic E-state index is 0.204. The average molecular weight is 387 g/mol. The van der Waals surface area contributed by atoms with E-state index in [1.165, 1.54) is 15.9 Å². The van der Waals surface area contributed by atoms with Crippen molar-refractivity contribution in [1.29, 1.82) is 0 Å². The molecule has 3 amide bonds. The fourth-order valence-electron chi connectivity index (χ4n) is 2.71. The van der Waals surface area contributed by atoms with E-state index < -0.39 is 17.8 Å². The van der Waals surface area contributed by atoms with Crippen LogP contribution in [0.15, 0.2) is 36.4 Å². The van der Waals surface area contributed by atoms with E-state index in [1.807, 2.05) is 0 Å². The maximum atomic E-state index is 14.5. The summed E-state index contributed by atoms with van der Waals surface area (Å²) in [6.07, 6.45) is 0. The number of rotatable bonds is 5. The van der Waals surface area contributed by atoms with Crippen LogP contribution in [0.5, 0.6) is 0 Å². The number of aliphatic hydroxyl groups excluding tert-OH is 1. The summed E-state index contributed by atoms with van der Waals surface area (Å²) in [5, 5.41) is 11.8. The number of carbonyl (C=O) groups is 2. The second-order valence-corrected chi connectivity index (χ2v) is 7.04. The lowest BCUT2D eigenvalue weighted by atomic mass is 9.99. The molecule has 0 aromatic heterocycles. The third-order valence-electron chi connectivity index (χ3n) is 4.32. The van der Waals surface area contributed by atoms with Gasteiger partial charge >= 0.3 is 6.03 Å². The monoisotopic (exact) mass is 387 g/mol. The smallest absolute Gasteiger partial charge is 0.323 e. The molecule has 1 atom stereocenters. The van der Waals surface area contributed by atoms with Crippen LogP contribution in [-0.4, -0.2) is 55.7 Å². The Morgan fingerprint density at radius 3 is 2.39 bits per heavy atom. The van der Waals surface area contributed by atoms with Crippen molar-refractivity contribution >= 4 is 17.6 Å². The molecular weight excluding hydrogens is 361 g/mol. The predicted molar refractivity (Wildman–Crippen MR) is 108 cm³/mol. The summed E-state index contributed by atoms with van der Waals surface area (Å²) in [6, 6.07) is 8.95. The van der Waals surface area contributed by atoms with Gasteiger partial charge in [0.2, 0.25) is 0 Å². The highest BCUT2D eigenvalue weighted by molar-refractivity contribution is 5.99. The topological polar surface area (TPSA) is 72.9 Å². The first kappa shape index (κ1) is 21.4. The van der Waals surface area contributed by atoms with Crippen LogP contribution in [-0.2, 0) is 0 Å². The summed E-state index contributed by atoms with van der Waals surface area (Å²) in [5.74, 6) is -0.823. The molecule has 0 aliphatic heterocycles. The van der Waals surface area contributed by atoms with E-state index in [1.54, 1.807) is 65.3 Å². The zero-order chi connectivity index (χ0) is 21.0. The second-order valence-electron chi connectivity index (χ2n) is 7.04. The van der Waals surface area contributed by atoms with Gasteiger partial charge in [-0.15, -0.1) is 0 Å². The maximum Gasteiger partial charge on any atom is 0.323 e. The van der Waals surface area contributed by atoms with Gasteiger partial charge in [0.05, 0.1) is 6.61 Å². The number of nitrogens with zero attached hydrogens (tertiary/aromatic N) is 2.